The molecular weight excluding hydrogens is 418 g/mol. The van der Waals surface area contributed by atoms with E-state index in [1.54, 1.807) is 17.0 Å². The van der Waals surface area contributed by atoms with Gasteiger partial charge >= 0.3 is 0 Å². The fourth-order valence-electron chi connectivity index (χ4n) is 5.81. The molecule has 8 nitrogen and oxygen atoms in total. The fraction of sp³-hybridized carbons (Fsp3) is 0.560. The molecule has 1 spiro atoms. The highest BCUT2D eigenvalue weighted by molar-refractivity contribution is 5.95. The zero-order chi connectivity index (χ0) is 22.4. The summed E-state index contributed by atoms with van der Waals surface area (Å²) >= 11 is 0. The Morgan fingerprint density at radius 2 is 1.85 bits per heavy atom. The van der Waals surface area contributed by atoms with Gasteiger partial charge in [0.25, 0.3) is 5.56 Å². The van der Waals surface area contributed by atoms with E-state index in [-0.39, 0.29) is 18.0 Å². The van der Waals surface area contributed by atoms with Gasteiger partial charge in [-0.05, 0) is 60.9 Å². The highest BCUT2D eigenvalue weighted by atomic mass is 16.5. The van der Waals surface area contributed by atoms with Crippen molar-refractivity contribution in [2.75, 3.05) is 60.6 Å². The molecule has 33 heavy (non-hydrogen) atoms. The molecule has 1 saturated carbocycles. The van der Waals surface area contributed by atoms with Crippen molar-refractivity contribution in [3.8, 4) is 0 Å². The maximum atomic E-state index is 13.2. The Morgan fingerprint density at radius 3 is 2.61 bits per heavy atom. The first-order valence-corrected chi connectivity index (χ1v) is 12.2. The van der Waals surface area contributed by atoms with Crippen molar-refractivity contribution in [1.29, 1.82) is 0 Å². The van der Waals surface area contributed by atoms with E-state index in [1.165, 1.54) is 41.6 Å². The van der Waals surface area contributed by atoms with Crippen LogP contribution in [-0.4, -0.2) is 61.6 Å². The third-order valence-corrected chi connectivity index (χ3v) is 7.95. The first-order valence-electron chi connectivity index (χ1n) is 12.2. The maximum Gasteiger partial charge on any atom is 0.267 e. The third kappa shape index (κ3) is 3.80. The van der Waals surface area contributed by atoms with E-state index >= 15 is 0 Å². The average Bonchev–Trinajstić information content (AvgIpc) is 3.46. The number of amides is 1. The van der Waals surface area contributed by atoms with Crippen LogP contribution < -0.4 is 20.3 Å². The first kappa shape index (κ1) is 20.7. The van der Waals surface area contributed by atoms with Gasteiger partial charge in [0.15, 0.2) is 0 Å². The molecule has 0 radical (unpaired) electrons. The van der Waals surface area contributed by atoms with E-state index in [9.17, 15) is 9.59 Å². The second-order valence-corrected chi connectivity index (χ2v) is 9.92. The van der Waals surface area contributed by atoms with Gasteiger partial charge < -0.3 is 19.4 Å². The van der Waals surface area contributed by atoms with Crippen LogP contribution in [0.25, 0.3) is 0 Å². The van der Waals surface area contributed by atoms with Crippen LogP contribution in [0.4, 0.5) is 17.2 Å². The number of nitrogens with zero attached hydrogens (tertiary/aromatic N) is 5. The molecule has 8 heteroatoms. The van der Waals surface area contributed by atoms with Crippen LogP contribution in [0, 0.1) is 5.41 Å². The average molecular weight is 450 g/mol. The molecule has 1 aromatic heterocycles. The number of anilines is 3. The van der Waals surface area contributed by atoms with E-state index in [0.29, 0.717) is 12.0 Å². The van der Waals surface area contributed by atoms with Gasteiger partial charge in [-0.3, -0.25) is 9.59 Å². The van der Waals surface area contributed by atoms with Gasteiger partial charge in [0.05, 0.1) is 13.2 Å². The lowest BCUT2D eigenvalue weighted by Crippen LogP contribution is -2.38. The van der Waals surface area contributed by atoms with Crippen LogP contribution in [0.15, 0.2) is 35.1 Å². The van der Waals surface area contributed by atoms with Gasteiger partial charge in [-0.2, -0.15) is 5.10 Å². The van der Waals surface area contributed by atoms with Crippen LogP contribution in [0.3, 0.4) is 0 Å². The normalized spacial score (nSPS) is 21.4. The molecule has 1 aliphatic carbocycles. The summed E-state index contributed by atoms with van der Waals surface area (Å²) < 4.78 is 6.79. The Kier molecular flexibility index (Phi) is 5.13. The summed E-state index contributed by atoms with van der Waals surface area (Å²) in [5, 5.41) is 4.58. The van der Waals surface area contributed by atoms with Crippen LogP contribution in [0.5, 0.6) is 0 Å². The van der Waals surface area contributed by atoms with Gasteiger partial charge in [-0.25, -0.2) is 4.68 Å². The van der Waals surface area contributed by atoms with Gasteiger partial charge in [0.1, 0.15) is 12.4 Å². The number of ether oxygens (including phenoxy) is 1. The molecule has 0 unspecified atom stereocenters. The summed E-state index contributed by atoms with van der Waals surface area (Å²) in [5.74, 6) is 0.722. The molecule has 1 aromatic carbocycles. The van der Waals surface area contributed by atoms with E-state index in [4.69, 9.17) is 4.74 Å². The Balaban J connectivity index is 1.17. The SMILES string of the molecule is O=C(Cn1nc(N2CCC3(CCC3)C2)ccc1=O)N1CCc2cc(N3CCOCC3)ccc21. The molecule has 0 atom stereocenters. The van der Waals surface area contributed by atoms with Gasteiger partial charge in [-0.1, -0.05) is 6.42 Å². The molecule has 0 bridgehead atoms. The quantitative estimate of drug-likeness (QED) is 0.712. The lowest BCUT2D eigenvalue weighted by molar-refractivity contribution is -0.119. The highest BCUT2D eigenvalue weighted by Crippen LogP contribution is 2.48. The largest absolute Gasteiger partial charge is 0.378 e. The van der Waals surface area contributed by atoms with Crippen molar-refractivity contribution in [2.45, 2.75) is 38.6 Å². The number of morpholine rings is 1. The Bertz CT molecular complexity index is 1120. The van der Waals surface area contributed by atoms with Crippen molar-refractivity contribution in [3.05, 3.63) is 46.2 Å². The number of fused-ring (bicyclic) bond motifs is 1. The number of benzene rings is 1. The summed E-state index contributed by atoms with van der Waals surface area (Å²) in [7, 11) is 0. The lowest BCUT2D eigenvalue weighted by Gasteiger charge is -2.38. The molecule has 0 N–H and O–H groups in total. The fourth-order valence-corrected chi connectivity index (χ4v) is 5.81. The molecule has 4 heterocycles. The topological polar surface area (TPSA) is 70.9 Å². The Hall–Kier alpha value is -2.87. The summed E-state index contributed by atoms with van der Waals surface area (Å²) in [6.07, 6.45) is 5.94. The van der Waals surface area contributed by atoms with Crippen LogP contribution in [0.1, 0.15) is 31.2 Å². The predicted octanol–water partition coefficient (Wildman–Crippen LogP) is 2.05. The molecule has 6 rings (SSSR count). The lowest BCUT2D eigenvalue weighted by atomic mass is 9.68. The molecule has 2 aromatic rings. The van der Waals surface area contributed by atoms with E-state index in [0.717, 1.165) is 57.3 Å². The summed E-state index contributed by atoms with van der Waals surface area (Å²) in [4.78, 5) is 32.1. The minimum atomic E-state index is -0.230. The summed E-state index contributed by atoms with van der Waals surface area (Å²) in [6, 6.07) is 9.68. The molecule has 2 saturated heterocycles. The van der Waals surface area contributed by atoms with Crippen molar-refractivity contribution in [2.24, 2.45) is 5.41 Å². The van der Waals surface area contributed by atoms with Crippen molar-refractivity contribution in [1.82, 2.24) is 9.78 Å². The summed E-state index contributed by atoms with van der Waals surface area (Å²) in [6.45, 7) is 5.89. The van der Waals surface area contributed by atoms with Gasteiger partial charge in [-0.15, -0.1) is 0 Å². The van der Waals surface area contributed by atoms with Gasteiger partial charge in [0.2, 0.25) is 5.91 Å². The molecule has 4 aliphatic rings. The molecule has 174 valence electrons. The smallest absolute Gasteiger partial charge is 0.267 e. The number of aromatic nitrogens is 2. The number of rotatable bonds is 4. The Labute approximate surface area is 193 Å². The van der Waals surface area contributed by atoms with Crippen LogP contribution >= 0.6 is 0 Å². The highest BCUT2D eigenvalue weighted by Gasteiger charge is 2.43. The molecule has 1 amide bonds. The number of carbonyl (C=O) groups excluding carboxylic acids is 1. The predicted molar refractivity (Wildman–Crippen MR) is 127 cm³/mol. The zero-order valence-electron chi connectivity index (χ0n) is 19.0. The third-order valence-electron chi connectivity index (χ3n) is 7.95. The summed E-state index contributed by atoms with van der Waals surface area (Å²) in [5.41, 5.74) is 3.55. The van der Waals surface area contributed by atoms with E-state index in [2.05, 4.69) is 27.0 Å². The minimum absolute atomic E-state index is 0.0314. The second-order valence-electron chi connectivity index (χ2n) is 9.92. The number of carbonyl (C=O) groups is 1. The second kappa shape index (κ2) is 8.17. The van der Waals surface area contributed by atoms with Gasteiger partial charge in [0, 0.05) is 50.2 Å². The number of hydrogen-bond donors (Lipinski definition) is 0. The molecular formula is C25H31N5O3. The van der Waals surface area contributed by atoms with Crippen molar-refractivity contribution < 1.29 is 9.53 Å². The molecule has 3 aliphatic heterocycles. The van der Waals surface area contributed by atoms with Crippen molar-refractivity contribution in [3.63, 3.8) is 0 Å². The monoisotopic (exact) mass is 449 g/mol. The van der Waals surface area contributed by atoms with E-state index < -0.39 is 0 Å². The zero-order valence-corrected chi connectivity index (χ0v) is 19.0. The van der Waals surface area contributed by atoms with Crippen LogP contribution in [-0.2, 0) is 22.5 Å². The van der Waals surface area contributed by atoms with Crippen molar-refractivity contribution >= 4 is 23.1 Å². The van der Waals surface area contributed by atoms with E-state index in [1.807, 2.05) is 6.07 Å². The maximum absolute atomic E-state index is 13.2. The minimum Gasteiger partial charge on any atom is -0.378 e. The Morgan fingerprint density at radius 1 is 1.00 bits per heavy atom. The number of hydrogen-bond acceptors (Lipinski definition) is 6. The molecule has 3 fully saturated rings. The first-order chi connectivity index (χ1) is 16.1. The van der Waals surface area contributed by atoms with Crippen LogP contribution in [0.2, 0.25) is 0 Å². The standard InChI is InChI=1S/C25H31N5O3/c31-23-5-4-22(28-11-9-25(18-28)7-1-8-25)26-30(23)17-24(32)29-10-6-19-16-20(2-3-21(19)29)27-12-14-33-15-13-27/h2-5,16H,1,6-15,17-18H2.